The highest BCUT2D eigenvalue weighted by Gasteiger charge is 2.22. The lowest BCUT2D eigenvalue weighted by molar-refractivity contribution is 0.0726. The fourth-order valence-corrected chi connectivity index (χ4v) is 3.74. The molecule has 0 atom stereocenters. The zero-order valence-corrected chi connectivity index (χ0v) is 15.2. The van der Waals surface area contributed by atoms with E-state index in [1.165, 1.54) is 6.42 Å². The van der Waals surface area contributed by atoms with E-state index in [0.717, 1.165) is 48.3 Å². The van der Waals surface area contributed by atoms with Gasteiger partial charge in [0.2, 0.25) is 0 Å². The number of benzene rings is 1. The van der Waals surface area contributed by atoms with Gasteiger partial charge in [-0.15, -0.1) is 5.10 Å². The van der Waals surface area contributed by atoms with Crippen LogP contribution < -0.4 is 0 Å². The van der Waals surface area contributed by atoms with Gasteiger partial charge in [0.15, 0.2) is 5.82 Å². The van der Waals surface area contributed by atoms with Crippen molar-refractivity contribution < 1.29 is 4.79 Å². The van der Waals surface area contributed by atoms with Crippen LogP contribution in [0.3, 0.4) is 0 Å². The van der Waals surface area contributed by atoms with E-state index in [1.54, 1.807) is 6.20 Å². The van der Waals surface area contributed by atoms with Crippen molar-refractivity contribution in [1.29, 1.82) is 0 Å². The number of carbonyl (C=O) groups is 1. The molecule has 0 spiro atoms. The monoisotopic (exact) mass is 373 g/mol. The van der Waals surface area contributed by atoms with Gasteiger partial charge in [0, 0.05) is 24.2 Å². The molecular weight excluding hydrogens is 354 g/mol. The topological polar surface area (TPSA) is 92.1 Å². The highest BCUT2D eigenvalue weighted by molar-refractivity contribution is 6.01. The molecule has 1 amide bonds. The normalized spacial score (nSPS) is 14.5. The molecule has 1 fully saturated rings. The fourth-order valence-electron chi connectivity index (χ4n) is 3.74. The van der Waals surface area contributed by atoms with Crippen LogP contribution in [-0.2, 0) is 0 Å². The van der Waals surface area contributed by atoms with Gasteiger partial charge in [-0.25, -0.2) is 9.61 Å². The zero-order chi connectivity index (χ0) is 18.9. The quantitative estimate of drug-likeness (QED) is 0.596. The average molecular weight is 373 g/mol. The molecule has 4 heterocycles. The molecular formula is C20H19N7O. The van der Waals surface area contributed by atoms with Gasteiger partial charge in [-0.3, -0.25) is 4.79 Å². The Morgan fingerprint density at radius 3 is 2.50 bits per heavy atom. The molecule has 28 heavy (non-hydrogen) atoms. The summed E-state index contributed by atoms with van der Waals surface area (Å²) in [4.78, 5) is 14.9. The second kappa shape index (κ2) is 6.88. The first-order valence-corrected chi connectivity index (χ1v) is 9.42. The van der Waals surface area contributed by atoms with Crippen LogP contribution in [0.15, 0.2) is 48.7 Å². The van der Waals surface area contributed by atoms with Crippen LogP contribution in [-0.4, -0.2) is 54.1 Å². The number of likely N-dealkylation sites (tertiary alicyclic amines) is 1. The molecule has 1 saturated heterocycles. The SMILES string of the molecule is O=C(c1cnn2c(-c3ccc(-c4nnn[nH]4)cc3)cccc12)N1CCCCC1. The van der Waals surface area contributed by atoms with Gasteiger partial charge in [0.1, 0.15) is 0 Å². The summed E-state index contributed by atoms with van der Waals surface area (Å²) in [5.41, 5.74) is 4.33. The lowest BCUT2D eigenvalue weighted by atomic mass is 10.1. The van der Waals surface area contributed by atoms with Crippen molar-refractivity contribution in [2.45, 2.75) is 19.3 Å². The number of amides is 1. The highest BCUT2D eigenvalue weighted by Crippen LogP contribution is 2.25. The van der Waals surface area contributed by atoms with Crippen molar-refractivity contribution in [2.24, 2.45) is 0 Å². The van der Waals surface area contributed by atoms with Gasteiger partial charge in [-0.2, -0.15) is 5.10 Å². The number of fused-ring (bicyclic) bond motifs is 1. The van der Waals surface area contributed by atoms with Gasteiger partial charge < -0.3 is 4.90 Å². The average Bonchev–Trinajstić information content (AvgIpc) is 3.44. The number of rotatable bonds is 3. The summed E-state index contributed by atoms with van der Waals surface area (Å²) in [6.07, 6.45) is 5.03. The number of hydrogen-bond acceptors (Lipinski definition) is 5. The number of aromatic amines is 1. The number of pyridine rings is 1. The van der Waals surface area contributed by atoms with E-state index >= 15 is 0 Å². The molecule has 4 aromatic rings. The Morgan fingerprint density at radius 2 is 1.75 bits per heavy atom. The maximum Gasteiger partial charge on any atom is 0.257 e. The summed E-state index contributed by atoms with van der Waals surface area (Å²) in [6, 6.07) is 13.8. The third-order valence-corrected chi connectivity index (χ3v) is 5.22. The summed E-state index contributed by atoms with van der Waals surface area (Å²) in [5, 5.41) is 18.4. The molecule has 0 saturated carbocycles. The second-order valence-electron chi connectivity index (χ2n) is 6.95. The van der Waals surface area contributed by atoms with E-state index in [0.29, 0.717) is 11.4 Å². The van der Waals surface area contributed by atoms with Crippen molar-refractivity contribution in [3.8, 4) is 22.6 Å². The minimum atomic E-state index is 0.0695. The van der Waals surface area contributed by atoms with Gasteiger partial charge in [0.25, 0.3) is 5.91 Å². The maximum absolute atomic E-state index is 12.9. The predicted octanol–water partition coefficient (Wildman–Crippen LogP) is 2.81. The second-order valence-corrected chi connectivity index (χ2v) is 6.95. The molecule has 140 valence electrons. The Morgan fingerprint density at radius 1 is 0.964 bits per heavy atom. The Bertz CT molecular complexity index is 1110. The Kier molecular flexibility index (Phi) is 4.08. The molecule has 0 unspecified atom stereocenters. The smallest absolute Gasteiger partial charge is 0.257 e. The van der Waals surface area contributed by atoms with Gasteiger partial charge in [-0.1, -0.05) is 30.3 Å². The number of nitrogens with zero attached hydrogens (tertiary/aromatic N) is 6. The Hall–Kier alpha value is -3.55. The summed E-state index contributed by atoms with van der Waals surface area (Å²) in [6.45, 7) is 1.65. The minimum absolute atomic E-state index is 0.0695. The van der Waals surface area contributed by atoms with E-state index < -0.39 is 0 Å². The van der Waals surface area contributed by atoms with Crippen LogP contribution in [0.2, 0.25) is 0 Å². The molecule has 5 rings (SSSR count). The maximum atomic E-state index is 12.9. The lowest BCUT2D eigenvalue weighted by Gasteiger charge is -2.26. The van der Waals surface area contributed by atoms with Gasteiger partial charge >= 0.3 is 0 Å². The predicted molar refractivity (Wildman–Crippen MR) is 104 cm³/mol. The van der Waals surface area contributed by atoms with Crippen LogP contribution >= 0.6 is 0 Å². The molecule has 0 aliphatic carbocycles. The van der Waals surface area contributed by atoms with Gasteiger partial charge in [-0.05, 0) is 41.8 Å². The molecule has 0 radical (unpaired) electrons. The Balaban J connectivity index is 1.51. The highest BCUT2D eigenvalue weighted by atomic mass is 16.2. The molecule has 0 bridgehead atoms. The number of piperidine rings is 1. The first-order valence-electron chi connectivity index (χ1n) is 9.42. The zero-order valence-electron chi connectivity index (χ0n) is 15.2. The number of H-pyrrole nitrogens is 1. The van der Waals surface area contributed by atoms with E-state index in [1.807, 2.05) is 51.9 Å². The largest absolute Gasteiger partial charge is 0.339 e. The standard InChI is InChI=1S/C20H19N7O/c28-20(26-11-2-1-3-12-26)16-13-21-27-17(5-4-6-18(16)27)14-7-9-15(10-8-14)19-22-24-25-23-19/h4-10,13H,1-3,11-12H2,(H,22,23,24,25). The summed E-state index contributed by atoms with van der Waals surface area (Å²) < 4.78 is 1.84. The van der Waals surface area contributed by atoms with Crippen molar-refractivity contribution in [1.82, 2.24) is 35.1 Å². The molecule has 1 aliphatic rings. The van der Waals surface area contributed by atoms with E-state index in [-0.39, 0.29) is 5.91 Å². The third-order valence-electron chi connectivity index (χ3n) is 5.22. The van der Waals surface area contributed by atoms with Crippen LogP contribution in [0.4, 0.5) is 0 Å². The minimum Gasteiger partial charge on any atom is -0.339 e. The van der Waals surface area contributed by atoms with E-state index in [4.69, 9.17) is 0 Å². The fraction of sp³-hybridized carbons (Fsp3) is 0.250. The summed E-state index contributed by atoms with van der Waals surface area (Å²) >= 11 is 0. The third kappa shape index (κ3) is 2.83. The number of tetrazole rings is 1. The number of hydrogen-bond donors (Lipinski definition) is 1. The first-order chi connectivity index (χ1) is 13.8. The van der Waals surface area contributed by atoms with Crippen molar-refractivity contribution in [3.05, 3.63) is 54.2 Å². The molecule has 3 aromatic heterocycles. The molecule has 1 N–H and O–H groups in total. The van der Waals surface area contributed by atoms with Crippen molar-refractivity contribution in [2.75, 3.05) is 13.1 Å². The Labute approximate surface area is 161 Å². The summed E-state index contributed by atoms with van der Waals surface area (Å²) in [7, 11) is 0. The van der Waals surface area contributed by atoms with Crippen LogP contribution in [0.25, 0.3) is 28.2 Å². The first kappa shape index (κ1) is 16.6. The summed E-state index contributed by atoms with van der Waals surface area (Å²) in [5.74, 6) is 0.693. The van der Waals surface area contributed by atoms with Crippen molar-refractivity contribution in [3.63, 3.8) is 0 Å². The van der Waals surface area contributed by atoms with E-state index in [9.17, 15) is 4.79 Å². The molecule has 8 heteroatoms. The van der Waals surface area contributed by atoms with Crippen LogP contribution in [0.1, 0.15) is 29.6 Å². The van der Waals surface area contributed by atoms with Crippen molar-refractivity contribution >= 4 is 11.4 Å². The number of carbonyl (C=O) groups excluding carboxylic acids is 1. The molecule has 8 nitrogen and oxygen atoms in total. The van der Waals surface area contributed by atoms with E-state index in [2.05, 4.69) is 25.7 Å². The number of aromatic nitrogens is 6. The molecule has 1 aliphatic heterocycles. The van der Waals surface area contributed by atoms with Gasteiger partial charge in [0.05, 0.1) is 23.0 Å². The lowest BCUT2D eigenvalue weighted by Crippen LogP contribution is -2.35. The van der Waals surface area contributed by atoms with Crippen LogP contribution in [0.5, 0.6) is 0 Å². The molecule has 1 aromatic carbocycles. The van der Waals surface area contributed by atoms with Crippen LogP contribution in [0, 0.1) is 0 Å². The number of nitrogens with one attached hydrogen (secondary N) is 1.